The lowest BCUT2D eigenvalue weighted by molar-refractivity contribution is -0.137. The van der Waals surface area contributed by atoms with E-state index in [9.17, 15) is 17.6 Å². The van der Waals surface area contributed by atoms with E-state index in [-0.39, 0.29) is 23.9 Å². The number of likely N-dealkylation sites (N-methyl/N-ethyl adjacent to an activating group) is 1. The third-order valence-corrected chi connectivity index (χ3v) is 7.39. The molecule has 162 valence electrons. The number of nitrogens with zero attached hydrogens (tertiary/aromatic N) is 3. The molecule has 6 nitrogen and oxygen atoms in total. The highest BCUT2D eigenvalue weighted by atomic mass is 32.2. The molecule has 0 saturated carbocycles. The van der Waals surface area contributed by atoms with Gasteiger partial charge in [-0.3, -0.25) is 9.69 Å². The van der Waals surface area contributed by atoms with E-state index in [2.05, 4.69) is 0 Å². The zero-order valence-corrected chi connectivity index (χ0v) is 18.2. The summed E-state index contributed by atoms with van der Waals surface area (Å²) in [4.78, 5) is 17.0. The summed E-state index contributed by atoms with van der Waals surface area (Å²) in [5, 5.41) is 0. The number of amides is 1. The molecule has 1 heterocycles. The zero-order chi connectivity index (χ0) is 21.7. The van der Waals surface area contributed by atoms with Crippen molar-refractivity contribution in [2.75, 3.05) is 39.3 Å². The Morgan fingerprint density at radius 3 is 2.20 bits per heavy atom. The fraction of sp³-hybridized carbons (Fsp3) is 0.409. The van der Waals surface area contributed by atoms with Crippen LogP contribution < -0.4 is 0 Å². The molecule has 0 aliphatic carbocycles. The van der Waals surface area contributed by atoms with Crippen molar-refractivity contribution < 1.29 is 17.6 Å². The fourth-order valence-corrected chi connectivity index (χ4v) is 5.29. The van der Waals surface area contributed by atoms with Gasteiger partial charge in [0.05, 0.1) is 4.90 Å². The van der Waals surface area contributed by atoms with E-state index in [4.69, 9.17) is 0 Å². The first-order valence-electron chi connectivity index (χ1n) is 10.2. The van der Waals surface area contributed by atoms with Crippen molar-refractivity contribution in [2.45, 2.75) is 24.8 Å². The first-order valence-corrected chi connectivity index (χ1v) is 11.7. The molecule has 0 aromatic heterocycles. The molecule has 1 aliphatic heterocycles. The number of carbonyl (C=O) groups excluding carboxylic acids is 1. The average Bonchev–Trinajstić information content (AvgIpc) is 2.76. The summed E-state index contributed by atoms with van der Waals surface area (Å²) >= 11 is 0. The van der Waals surface area contributed by atoms with E-state index in [0.717, 1.165) is 11.6 Å². The second-order valence-electron chi connectivity index (χ2n) is 7.22. The van der Waals surface area contributed by atoms with Crippen molar-refractivity contribution in [1.29, 1.82) is 0 Å². The van der Waals surface area contributed by atoms with Gasteiger partial charge in [0.25, 0.3) is 0 Å². The lowest BCUT2D eigenvalue weighted by Crippen LogP contribution is -2.52. The third kappa shape index (κ3) is 4.71. The molecular weight excluding hydrogens is 405 g/mol. The molecule has 8 heteroatoms. The van der Waals surface area contributed by atoms with Crippen LogP contribution in [-0.4, -0.2) is 67.7 Å². The molecule has 0 bridgehead atoms. The Kier molecular flexibility index (Phi) is 7.23. The molecule has 3 rings (SSSR count). The van der Waals surface area contributed by atoms with Crippen LogP contribution >= 0.6 is 0 Å². The predicted octanol–water partition coefficient (Wildman–Crippen LogP) is 2.74. The summed E-state index contributed by atoms with van der Waals surface area (Å²) in [6, 6.07) is 14.2. The van der Waals surface area contributed by atoms with Crippen LogP contribution in [0.25, 0.3) is 0 Å². The van der Waals surface area contributed by atoms with Crippen molar-refractivity contribution in [3.8, 4) is 0 Å². The minimum Gasteiger partial charge on any atom is -0.342 e. The highest BCUT2D eigenvalue weighted by Gasteiger charge is 2.35. The molecule has 1 fully saturated rings. The van der Waals surface area contributed by atoms with Crippen LogP contribution in [0.4, 0.5) is 4.39 Å². The van der Waals surface area contributed by atoms with Gasteiger partial charge >= 0.3 is 0 Å². The van der Waals surface area contributed by atoms with E-state index in [1.165, 1.54) is 22.5 Å². The number of sulfonamides is 1. The quantitative estimate of drug-likeness (QED) is 0.674. The van der Waals surface area contributed by atoms with E-state index < -0.39 is 21.9 Å². The molecule has 1 atom stereocenters. The van der Waals surface area contributed by atoms with Gasteiger partial charge in [0.15, 0.2) is 0 Å². The monoisotopic (exact) mass is 433 g/mol. The number of benzene rings is 2. The molecule has 2 aromatic carbocycles. The Morgan fingerprint density at radius 1 is 1.00 bits per heavy atom. The van der Waals surface area contributed by atoms with Gasteiger partial charge in [-0.1, -0.05) is 36.4 Å². The SMILES string of the molecule is CCN(CC)C(=O)C(c1ccccc1)N1CCN(S(=O)(=O)c2cccc(F)c2)CC1. The van der Waals surface area contributed by atoms with Crippen LogP contribution in [0, 0.1) is 5.82 Å². The molecular formula is C22H28FN3O3S. The Bertz CT molecular complexity index is 957. The van der Waals surface area contributed by atoms with Crippen LogP contribution in [0.2, 0.25) is 0 Å². The van der Waals surface area contributed by atoms with Crippen molar-refractivity contribution in [1.82, 2.24) is 14.1 Å². The molecule has 30 heavy (non-hydrogen) atoms. The minimum absolute atomic E-state index is 0.0210. The number of hydrogen-bond acceptors (Lipinski definition) is 4. The number of carbonyl (C=O) groups is 1. The Hall–Kier alpha value is -2.29. The second-order valence-corrected chi connectivity index (χ2v) is 9.16. The average molecular weight is 434 g/mol. The summed E-state index contributed by atoms with van der Waals surface area (Å²) in [5.74, 6) is -0.559. The Morgan fingerprint density at radius 2 is 1.63 bits per heavy atom. The molecule has 0 radical (unpaired) electrons. The van der Waals surface area contributed by atoms with Gasteiger partial charge in [0.1, 0.15) is 11.9 Å². The van der Waals surface area contributed by atoms with Gasteiger partial charge in [-0.05, 0) is 37.6 Å². The standard InChI is InChI=1S/C22H28FN3O3S/c1-3-24(4-2)22(27)21(18-9-6-5-7-10-18)25-13-15-26(16-14-25)30(28,29)20-12-8-11-19(23)17-20/h5-12,17,21H,3-4,13-16H2,1-2H3. The topological polar surface area (TPSA) is 60.9 Å². The maximum Gasteiger partial charge on any atom is 0.244 e. The third-order valence-electron chi connectivity index (χ3n) is 5.50. The zero-order valence-electron chi connectivity index (χ0n) is 17.4. The minimum atomic E-state index is -3.77. The summed E-state index contributed by atoms with van der Waals surface area (Å²) < 4.78 is 40.7. The first kappa shape index (κ1) is 22.4. The fourth-order valence-electron chi connectivity index (χ4n) is 3.83. The van der Waals surface area contributed by atoms with Crippen LogP contribution in [0.5, 0.6) is 0 Å². The molecule has 0 N–H and O–H groups in total. The number of piperazine rings is 1. The maximum absolute atomic E-state index is 13.5. The van der Waals surface area contributed by atoms with E-state index in [1.54, 1.807) is 4.90 Å². The summed E-state index contributed by atoms with van der Waals surface area (Å²) in [6.45, 7) is 6.46. The molecule has 2 aromatic rings. The van der Waals surface area contributed by atoms with Crippen LogP contribution in [-0.2, 0) is 14.8 Å². The highest BCUT2D eigenvalue weighted by molar-refractivity contribution is 7.89. The summed E-state index contributed by atoms with van der Waals surface area (Å²) in [6.07, 6.45) is 0. The normalized spacial score (nSPS) is 16.9. The largest absolute Gasteiger partial charge is 0.342 e. The molecule has 0 spiro atoms. The number of rotatable bonds is 7. The number of hydrogen-bond donors (Lipinski definition) is 0. The maximum atomic E-state index is 13.5. The van der Waals surface area contributed by atoms with Gasteiger partial charge < -0.3 is 4.90 Å². The van der Waals surface area contributed by atoms with Gasteiger partial charge in [0.2, 0.25) is 15.9 Å². The van der Waals surface area contributed by atoms with Crippen molar-refractivity contribution >= 4 is 15.9 Å². The summed E-state index contributed by atoms with van der Waals surface area (Å²) in [5.41, 5.74) is 0.899. The lowest BCUT2D eigenvalue weighted by atomic mass is 10.0. The Labute approximate surface area is 177 Å². The van der Waals surface area contributed by atoms with Crippen LogP contribution in [0.15, 0.2) is 59.5 Å². The second kappa shape index (κ2) is 9.68. The van der Waals surface area contributed by atoms with Gasteiger partial charge in [-0.25, -0.2) is 12.8 Å². The molecule has 1 saturated heterocycles. The highest BCUT2D eigenvalue weighted by Crippen LogP contribution is 2.26. The van der Waals surface area contributed by atoms with Gasteiger partial charge in [-0.2, -0.15) is 4.31 Å². The number of halogens is 1. The summed E-state index contributed by atoms with van der Waals surface area (Å²) in [7, 11) is -3.77. The Balaban J connectivity index is 1.80. The van der Waals surface area contributed by atoms with Crippen LogP contribution in [0.1, 0.15) is 25.5 Å². The molecule has 1 unspecified atom stereocenters. The van der Waals surface area contributed by atoms with Gasteiger partial charge in [-0.15, -0.1) is 0 Å². The van der Waals surface area contributed by atoms with Crippen molar-refractivity contribution in [2.24, 2.45) is 0 Å². The van der Waals surface area contributed by atoms with Crippen molar-refractivity contribution in [3.63, 3.8) is 0 Å². The lowest BCUT2D eigenvalue weighted by Gasteiger charge is -2.39. The van der Waals surface area contributed by atoms with Gasteiger partial charge in [0, 0.05) is 39.3 Å². The first-order chi connectivity index (χ1) is 14.4. The van der Waals surface area contributed by atoms with Crippen LogP contribution in [0.3, 0.4) is 0 Å². The van der Waals surface area contributed by atoms with Crippen molar-refractivity contribution in [3.05, 3.63) is 66.0 Å². The molecule has 1 amide bonds. The smallest absolute Gasteiger partial charge is 0.244 e. The van der Waals surface area contributed by atoms with E-state index >= 15 is 0 Å². The van der Waals surface area contributed by atoms with E-state index in [1.807, 2.05) is 49.1 Å². The predicted molar refractivity (Wildman–Crippen MR) is 114 cm³/mol. The van der Waals surface area contributed by atoms with E-state index in [0.29, 0.717) is 26.2 Å². The molecule has 1 aliphatic rings.